The van der Waals surface area contributed by atoms with Crippen molar-refractivity contribution in [3.63, 3.8) is 0 Å². The number of carbonyl (C=O) groups excluding carboxylic acids is 1. The molecular formula is C21H24N2O5S. The van der Waals surface area contributed by atoms with Crippen molar-refractivity contribution in [1.82, 2.24) is 9.55 Å². The van der Waals surface area contributed by atoms with Gasteiger partial charge in [0.2, 0.25) is 0 Å². The summed E-state index contributed by atoms with van der Waals surface area (Å²) in [5.74, 6) is 0.294. The van der Waals surface area contributed by atoms with Gasteiger partial charge in [0.25, 0.3) is 5.56 Å². The van der Waals surface area contributed by atoms with Crippen LogP contribution in [-0.4, -0.2) is 41.9 Å². The van der Waals surface area contributed by atoms with Gasteiger partial charge in [-0.15, -0.1) is 11.3 Å². The lowest BCUT2D eigenvalue weighted by atomic mass is 10.1. The predicted molar refractivity (Wildman–Crippen MR) is 113 cm³/mol. The van der Waals surface area contributed by atoms with Gasteiger partial charge >= 0.3 is 5.97 Å². The molecule has 29 heavy (non-hydrogen) atoms. The van der Waals surface area contributed by atoms with Crippen molar-refractivity contribution in [1.29, 1.82) is 0 Å². The lowest BCUT2D eigenvalue weighted by molar-refractivity contribution is -0.145. The van der Waals surface area contributed by atoms with Crippen molar-refractivity contribution in [2.24, 2.45) is 0 Å². The molecule has 0 aliphatic carbocycles. The molecule has 154 valence electrons. The van der Waals surface area contributed by atoms with Crippen molar-refractivity contribution >= 4 is 27.5 Å². The normalized spacial score (nSPS) is 11.0. The van der Waals surface area contributed by atoms with Gasteiger partial charge in [-0.2, -0.15) is 0 Å². The van der Waals surface area contributed by atoms with Gasteiger partial charge in [0.05, 0.1) is 24.9 Å². The Kier molecular flexibility index (Phi) is 7.37. The summed E-state index contributed by atoms with van der Waals surface area (Å²) in [6, 6.07) is 7.62. The van der Waals surface area contributed by atoms with E-state index in [2.05, 4.69) is 11.9 Å². The Bertz CT molecular complexity index is 1010. The highest BCUT2D eigenvalue weighted by Gasteiger charge is 2.15. The summed E-state index contributed by atoms with van der Waals surface area (Å²) in [5, 5.41) is 2.41. The van der Waals surface area contributed by atoms with E-state index >= 15 is 0 Å². The maximum absolute atomic E-state index is 13.0. The number of ether oxygens (including phenoxy) is 3. The number of nitrogens with zero attached hydrogens (tertiary/aromatic N) is 2. The van der Waals surface area contributed by atoms with Gasteiger partial charge < -0.3 is 14.2 Å². The fourth-order valence-corrected chi connectivity index (χ4v) is 3.69. The highest BCUT2D eigenvalue weighted by molar-refractivity contribution is 7.17. The Morgan fingerprint density at radius 1 is 1.14 bits per heavy atom. The molecular weight excluding hydrogens is 392 g/mol. The second kappa shape index (κ2) is 10.2. The van der Waals surface area contributed by atoms with E-state index in [1.54, 1.807) is 0 Å². The van der Waals surface area contributed by atoms with Gasteiger partial charge in [0, 0.05) is 17.6 Å². The number of hydrogen-bond donors (Lipinski definition) is 0. The minimum Gasteiger partial charge on any atom is -0.494 e. The largest absolute Gasteiger partial charge is 0.494 e. The number of carbonyl (C=O) groups is 1. The molecule has 7 nitrogen and oxygen atoms in total. The van der Waals surface area contributed by atoms with Crippen molar-refractivity contribution in [2.45, 2.75) is 26.8 Å². The van der Waals surface area contributed by atoms with Crippen LogP contribution in [0.2, 0.25) is 0 Å². The van der Waals surface area contributed by atoms with Crippen LogP contribution in [0.15, 0.2) is 40.8 Å². The second-order valence-electron chi connectivity index (χ2n) is 6.30. The molecule has 0 unspecified atom stereocenters. The number of fused-ring (bicyclic) bond motifs is 1. The Labute approximate surface area is 172 Å². The third-order valence-corrected chi connectivity index (χ3v) is 5.08. The summed E-state index contributed by atoms with van der Waals surface area (Å²) >= 11 is 1.40. The summed E-state index contributed by atoms with van der Waals surface area (Å²) < 4.78 is 17.1. The van der Waals surface area contributed by atoms with Crippen LogP contribution >= 0.6 is 11.3 Å². The predicted octanol–water partition coefficient (Wildman–Crippen LogP) is 3.49. The average molecular weight is 416 g/mol. The van der Waals surface area contributed by atoms with Crippen LogP contribution in [0.5, 0.6) is 5.75 Å². The highest BCUT2D eigenvalue weighted by atomic mass is 32.1. The minimum absolute atomic E-state index is 0.160. The Hall–Kier alpha value is -2.71. The monoisotopic (exact) mass is 416 g/mol. The molecule has 0 amide bonds. The Balaban J connectivity index is 1.81. The molecule has 0 saturated carbocycles. The summed E-state index contributed by atoms with van der Waals surface area (Å²) in [6.07, 6.45) is 2.33. The van der Waals surface area contributed by atoms with Crippen molar-refractivity contribution in [2.75, 3.05) is 26.4 Å². The van der Waals surface area contributed by atoms with E-state index in [4.69, 9.17) is 14.2 Å². The van der Waals surface area contributed by atoms with E-state index < -0.39 is 5.97 Å². The van der Waals surface area contributed by atoms with Gasteiger partial charge in [-0.05, 0) is 31.0 Å². The highest BCUT2D eigenvalue weighted by Crippen LogP contribution is 2.31. The second-order valence-corrected chi connectivity index (χ2v) is 7.16. The van der Waals surface area contributed by atoms with E-state index in [9.17, 15) is 9.59 Å². The molecule has 3 aromatic rings. The number of aromatic nitrogens is 2. The SMILES string of the molecule is CCCOc1ccc(-c2csc3ncn(CC(=O)OCCOCC)c(=O)c23)cc1. The van der Waals surface area contributed by atoms with E-state index in [1.165, 1.54) is 22.2 Å². The molecule has 1 aromatic carbocycles. The van der Waals surface area contributed by atoms with Crippen molar-refractivity contribution in [3.8, 4) is 16.9 Å². The average Bonchev–Trinajstić information content (AvgIpc) is 3.17. The fraction of sp³-hybridized carbons (Fsp3) is 0.381. The molecule has 0 bridgehead atoms. The molecule has 2 heterocycles. The van der Waals surface area contributed by atoms with E-state index in [-0.39, 0.29) is 18.7 Å². The topological polar surface area (TPSA) is 79.7 Å². The van der Waals surface area contributed by atoms with Crippen LogP contribution in [0.3, 0.4) is 0 Å². The Morgan fingerprint density at radius 3 is 2.66 bits per heavy atom. The first kappa shape index (κ1) is 21.0. The van der Waals surface area contributed by atoms with Crippen molar-refractivity contribution in [3.05, 3.63) is 46.3 Å². The maximum Gasteiger partial charge on any atom is 0.326 e. The quantitative estimate of drug-likeness (QED) is 0.372. The van der Waals surface area contributed by atoms with Gasteiger partial charge in [0.1, 0.15) is 23.7 Å². The summed E-state index contributed by atoms with van der Waals surface area (Å²) in [6.45, 7) is 5.45. The summed E-state index contributed by atoms with van der Waals surface area (Å²) in [5.41, 5.74) is 1.43. The van der Waals surface area contributed by atoms with Gasteiger partial charge in [-0.25, -0.2) is 4.98 Å². The summed E-state index contributed by atoms with van der Waals surface area (Å²) in [4.78, 5) is 30.0. The van der Waals surface area contributed by atoms with Gasteiger partial charge in [0.15, 0.2) is 0 Å². The number of rotatable bonds is 10. The zero-order valence-corrected chi connectivity index (χ0v) is 17.4. The lowest BCUT2D eigenvalue weighted by Gasteiger charge is -2.08. The van der Waals surface area contributed by atoms with Gasteiger partial charge in [-0.3, -0.25) is 14.2 Å². The van der Waals surface area contributed by atoms with Crippen LogP contribution < -0.4 is 10.3 Å². The number of thiophene rings is 1. The fourth-order valence-electron chi connectivity index (χ4n) is 2.79. The number of benzene rings is 1. The first-order chi connectivity index (χ1) is 14.1. The van der Waals surface area contributed by atoms with E-state index in [0.29, 0.717) is 30.0 Å². The van der Waals surface area contributed by atoms with Crippen LogP contribution in [0.1, 0.15) is 20.3 Å². The van der Waals surface area contributed by atoms with Gasteiger partial charge in [-0.1, -0.05) is 19.1 Å². The molecule has 0 fully saturated rings. The molecule has 2 aromatic heterocycles. The number of esters is 1. The van der Waals surface area contributed by atoms with Crippen molar-refractivity contribution < 1.29 is 19.0 Å². The molecule has 3 rings (SSSR count). The van der Waals surface area contributed by atoms with Crippen LogP contribution in [0.4, 0.5) is 0 Å². The zero-order chi connectivity index (χ0) is 20.6. The Morgan fingerprint density at radius 2 is 1.93 bits per heavy atom. The first-order valence-electron chi connectivity index (χ1n) is 9.57. The molecule has 0 atom stereocenters. The molecule has 0 N–H and O–H groups in total. The van der Waals surface area contributed by atoms with Crippen LogP contribution in [-0.2, 0) is 20.8 Å². The third kappa shape index (κ3) is 5.21. The minimum atomic E-state index is -0.498. The third-order valence-electron chi connectivity index (χ3n) is 4.19. The molecule has 0 radical (unpaired) electrons. The van der Waals surface area contributed by atoms with E-state index in [1.807, 2.05) is 36.6 Å². The molecule has 0 spiro atoms. The smallest absolute Gasteiger partial charge is 0.326 e. The summed E-state index contributed by atoms with van der Waals surface area (Å²) in [7, 11) is 0. The zero-order valence-electron chi connectivity index (χ0n) is 16.6. The van der Waals surface area contributed by atoms with E-state index in [0.717, 1.165) is 23.3 Å². The standard InChI is InChI=1S/C21H24N2O5S/c1-3-9-27-16-7-5-15(6-8-16)17-13-29-20-19(17)21(25)23(14-22-20)12-18(24)28-11-10-26-4-2/h5-8,13-14H,3-4,9-12H2,1-2H3. The number of hydrogen-bond acceptors (Lipinski definition) is 7. The first-order valence-corrected chi connectivity index (χ1v) is 10.4. The maximum atomic E-state index is 13.0. The lowest BCUT2D eigenvalue weighted by Crippen LogP contribution is -2.26. The molecule has 8 heteroatoms. The molecule has 0 aliphatic rings. The van der Waals surface area contributed by atoms with Crippen LogP contribution in [0, 0.1) is 0 Å². The molecule has 0 aliphatic heterocycles. The van der Waals surface area contributed by atoms with Crippen LogP contribution in [0.25, 0.3) is 21.3 Å². The molecule has 0 saturated heterocycles.